The largest absolute Gasteiger partial charge is 0.480 e. The third-order valence-corrected chi connectivity index (χ3v) is 6.06. The molecule has 4 rings (SSSR count). The molecule has 0 saturated carbocycles. The van der Waals surface area contributed by atoms with Crippen LogP contribution in [0.15, 0.2) is 71.5 Å². The summed E-state index contributed by atoms with van der Waals surface area (Å²) >= 11 is 0. The second-order valence-corrected chi connectivity index (χ2v) is 8.69. The highest BCUT2D eigenvalue weighted by molar-refractivity contribution is 6.11. The smallest absolute Gasteiger partial charge is 0.325 e. The minimum absolute atomic E-state index is 0.0359. The molecule has 1 aromatic heterocycles. The predicted molar refractivity (Wildman–Crippen MR) is 135 cm³/mol. The van der Waals surface area contributed by atoms with Crippen molar-refractivity contribution >= 4 is 17.6 Å². The fourth-order valence-electron chi connectivity index (χ4n) is 4.13. The first-order valence-electron chi connectivity index (χ1n) is 11.7. The zero-order valence-corrected chi connectivity index (χ0v) is 20.4. The van der Waals surface area contributed by atoms with Crippen LogP contribution in [-0.2, 0) is 11.2 Å². The van der Waals surface area contributed by atoms with Crippen LogP contribution >= 0.6 is 0 Å². The number of ketones is 1. The van der Waals surface area contributed by atoms with E-state index in [-0.39, 0.29) is 24.1 Å². The van der Waals surface area contributed by atoms with E-state index in [4.69, 9.17) is 5.73 Å². The van der Waals surface area contributed by atoms with Crippen LogP contribution in [0.1, 0.15) is 33.1 Å². The number of nitrogens with two attached hydrogens (primary N) is 1. The molecular weight excluding hydrogens is 537 g/mol. The summed E-state index contributed by atoms with van der Waals surface area (Å²) in [5, 5.41) is 12.2. The summed E-state index contributed by atoms with van der Waals surface area (Å²) in [6, 6.07) is 9.38. The summed E-state index contributed by atoms with van der Waals surface area (Å²) < 4.78 is 71.3. The number of nitrogen functional groups attached to an aromatic ring is 1. The molecule has 1 heterocycles. The third-order valence-electron chi connectivity index (χ3n) is 6.06. The number of rotatable bonds is 9. The van der Waals surface area contributed by atoms with Gasteiger partial charge in [-0.2, -0.15) is 0 Å². The molecule has 206 valence electrons. The summed E-state index contributed by atoms with van der Waals surface area (Å²) in [5.74, 6) is -8.05. The van der Waals surface area contributed by atoms with Gasteiger partial charge in [-0.05, 0) is 60.0 Å². The maximum Gasteiger partial charge on any atom is 0.325 e. The highest BCUT2D eigenvalue weighted by atomic mass is 19.1. The minimum atomic E-state index is -1.25. The van der Waals surface area contributed by atoms with Crippen LogP contribution in [0.2, 0.25) is 0 Å². The molecule has 4 aromatic rings. The van der Waals surface area contributed by atoms with Gasteiger partial charge in [0.1, 0.15) is 35.0 Å². The topological polar surface area (TPSA) is 114 Å². The van der Waals surface area contributed by atoms with Gasteiger partial charge in [0.2, 0.25) is 0 Å². The minimum Gasteiger partial charge on any atom is -0.480 e. The Bertz CT molecular complexity index is 1650. The lowest BCUT2D eigenvalue weighted by atomic mass is 10.0. The molecule has 0 saturated heterocycles. The number of nitrogens with one attached hydrogen (secondary N) is 1. The number of benzene rings is 3. The number of hydrogen-bond donors (Lipinski definition) is 3. The molecule has 3 aromatic carbocycles. The molecule has 0 aliphatic rings. The molecule has 0 unspecified atom stereocenters. The van der Waals surface area contributed by atoms with E-state index < -0.39 is 75.1 Å². The van der Waals surface area contributed by atoms with Gasteiger partial charge in [0, 0.05) is 18.7 Å². The molecular formula is C28H20F5N3O4. The second kappa shape index (κ2) is 11.5. The van der Waals surface area contributed by atoms with E-state index in [1.165, 1.54) is 12.1 Å². The number of hydrogen-bond acceptors (Lipinski definition) is 5. The van der Waals surface area contributed by atoms with Gasteiger partial charge in [-0.25, -0.2) is 22.0 Å². The standard InChI is InChI=1S/C28H20F5N3O4/c29-16-3-1-15(2-4-16)24(28(39)40)35-10-9-14-11-21(32)25(22(33)12-14)36-23(37)8-7-19(27(36)34)26(38)18-6-5-17(30)13-20(18)31/h1-8,11-13,24,35H,9-10,34H2,(H,39,40)/t24-/m0/s1. The van der Waals surface area contributed by atoms with Gasteiger partial charge in [0.05, 0.1) is 11.1 Å². The summed E-state index contributed by atoms with van der Waals surface area (Å²) in [7, 11) is 0. The van der Waals surface area contributed by atoms with Gasteiger partial charge in [-0.15, -0.1) is 0 Å². The fourth-order valence-corrected chi connectivity index (χ4v) is 4.13. The number of halogens is 5. The van der Waals surface area contributed by atoms with E-state index in [0.29, 0.717) is 10.6 Å². The van der Waals surface area contributed by atoms with Gasteiger partial charge in [0.25, 0.3) is 5.56 Å². The number of carboxylic acids is 1. The first-order valence-corrected chi connectivity index (χ1v) is 11.7. The quantitative estimate of drug-likeness (QED) is 0.209. The van der Waals surface area contributed by atoms with E-state index in [1.807, 2.05) is 0 Å². The van der Waals surface area contributed by atoms with E-state index >= 15 is 8.78 Å². The molecule has 0 aliphatic heterocycles. The number of aliphatic carboxylic acids is 1. The molecule has 0 spiro atoms. The molecule has 0 radical (unpaired) electrons. The van der Waals surface area contributed by atoms with Crippen LogP contribution in [0, 0.1) is 29.1 Å². The number of carbonyl (C=O) groups is 2. The first kappa shape index (κ1) is 28.2. The number of carboxylic acid groups (broad SMARTS) is 1. The number of aromatic nitrogens is 1. The Morgan fingerprint density at radius 1 is 0.825 bits per heavy atom. The predicted octanol–water partition coefficient (Wildman–Crippen LogP) is 4.30. The number of pyridine rings is 1. The van der Waals surface area contributed by atoms with Crippen molar-refractivity contribution in [2.45, 2.75) is 12.5 Å². The molecule has 4 N–H and O–H groups in total. The van der Waals surface area contributed by atoms with Crippen LogP contribution < -0.4 is 16.6 Å². The lowest BCUT2D eigenvalue weighted by Crippen LogP contribution is -2.30. The van der Waals surface area contributed by atoms with Gasteiger partial charge >= 0.3 is 5.97 Å². The molecule has 0 fully saturated rings. The van der Waals surface area contributed by atoms with Crippen molar-refractivity contribution in [3.05, 3.63) is 128 Å². The summed E-state index contributed by atoms with van der Waals surface area (Å²) in [5.41, 5.74) is 3.43. The van der Waals surface area contributed by atoms with E-state index in [1.54, 1.807) is 0 Å². The van der Waals surface area contributed by atoms with Gasteiger partial charge in [-0.1, -0.05) is 12.1 Å². The van der Waals surface area contributed by atoms with Crippen molar-refractivity contribution in [3.8, 4) is 5.69 Å². The van der Waals surface area contributed by atoms with Crippen LogP contribution in [0.3, 0.4) is 0 Å². The normalized spacial score (nSPS) is 11.8. The Kier molecular flexibility index (Phi) is 8.10. The second-order valence-electron chi connectivity index (χ2n) is 8.69. The monoisotopic (exact) mass is 557 g/mol. The molecule has 0 amide bonds. The van der Waals surface area contributed by atoms with Crippen molar-refractivity contribution in [1.82, 2.24) is 9.88 Å². The molecule has 12 heteroatoms. The number of anilines is 1. The first-order chi connectivity index (χ1) is 19.0. The lowest BCUT2D eigenvalue weighted by molar-refractivity contribution is -0.139. The van der Waals surface area contributed by atoms with Crippen molar-refractivity contribution in [2.24, 2.45) is 0 Å². The Hall–Kier alpha value is -4.84. The Balaban J connectivity index is 1.60. The Morgan fingerprint density at radius 2 is 1.43 bits per heavy atom. The molecule has 1 atom stereocenters. The maximum absolute atomic E-state index is 15.1. The summed E-state index contributed by atoms with van der Waals surface area (Å²) in [4.78, 5) is 37.0. The van der Waals surface area contributed by atoms with Crippen LogP contribution in [0.5, 0.6) is 0 Å². The van der Waals surface area contributed by atoms with Crippen molar-refractivity contribution < 1.29 is 36.6 Å². The SMILES string of the molecule is Nc1c(C(=O)c2ccc(F)cc2F)ccc(=O)n1-c1c(F)cc(CCN[C@H](C(=O)O)c2ccc(F)cc2)cc1F. The Labute approximate surface area is 223 Å². The zero-order valence-electron chi connectivity index (χ0n) is 20.4. The van der Waals surface area contributed by atoms with Gasteiger partial charge < -0.3 is 16.2 Å². The highest BCUT2D eigenvalue weighted by Crippen LogP contribution is 2.25. The van der Waals surface area contributed by atoms with Crippen molar-refractivity contribution in [2.75, 3.05) is 12.3 Å². The van der Waals surface area contributed by atoms with E-state index in [9.17, 15) is 32.7 Å². The Morgan fingerprint density at radius 3 is 2.02 bits per heavy atom. The number of nitrogens with zero attached hydrogens (tertiary/aromatic N) is 1. The van der Waals surface area contributed by atoms with Crippen LogP contribution in [-0.4, -0.2) is 28.0 Å². The molecule has 0 aliphatic carbocycles. The van der Waals surface area contributed by atoms with Crippen LogP contribution in [0.25, 0.3) is 5.69 Å². The molecule has 40 heavy (non-hydrogen) atoms. The summed E-state index contributed by atoms with van der Waals surface area (Å²) in [6.07, 6.45) is -0.0359. The maximum atomic E-state index is 15.1. The third kappa shape index (κ3) is 5.76. The zero-order chi connectivity index (χ0) is 29.1. The summed E-state index contributed by atoms with van der Waals surface area (Å²) in [6.45, 7) is -0.0398. The van der Waals surface area contributed by atoms with E-state index in [0.717, 1.165) is 48.5 Å². The van der Waals surface area contributed by atoms with E-state index in [2.05, 4.69) is 5.32 Å². The van der Waals surface area contributed by atoms with Crippen molar-refractivity contribution in [3.63, 3.8) is 0 Å². The molecule has 0 bridgehead atoms. The van der Waals surface area contributed by atoms with Crippen molar-refractivity contribution in [1.29, 1.82) is 0 Å². The van der Waals surface area contributed by atoms with Gasteiger partial charge in [0.15, 0.2) is 17.4 Å². The number of carbonyl (C=O) groups excluding carboxylic acids is 1. The van der Waals surface area contributed by atoms with Crippen LogP contribution in [0.4, 0.5) is 27.8 Å². The average Bonchev–Trinajstić information content (AvgIpc) is 2.88. The fraction of sp³-hybridized carbons (Fsp3) is 0.107. The highest BCUT2D eigenvalue weighted by Gasteiger charge is 2.24. The lowest BCUT2D eigenvalue weighted by Gasteiger charge is -2.17. The molecule has 7 nitrogen and oxygen atoms in total. The van der Waals surface area contributed by atoms with Gasteiger partial charge in [-0.3, -0.25) is 19.0 Å². The average molecular weight is 557 g/mol.